The summed E-state index contributed by atoms with van der Waals surface area (Å²) < 4.78 is 0. The van der Waals surface area contributed by atoms with Crippen molar-refractivity contribution in [3.05, 3.63) is 44.1 Å². The van der Waals surface area contributed by atoms with Crippen molar-refractivity contribution in [1.82, 2.24) is 15.3 Å². The van der Waals surface area contributed by atoms with Crippen LogP contribution < -0.4 is 5.32 Å². The van der Waals surface area contributed by atoms with Crippen LogP contribution in [0.2, 0.25) is 10.2 Å². The van der Waals surface area contributed by atoms with Crippen LogP contribution in [0.4, 0.5) is 0 Å². The van der Waals surface area contributed by atoms with Gasteiger partial charge in [-0.3, -0.25) is 4.79 Å². The first kappa shape index (κ1) is 13.3. The summed E-state index contributed by atoms with van der Waals surface area (Å²) in [4.78, 5) is 20.9. The van der Waals surface area contributed by atoms with E-state index < -0.39 is 0 Å². The molecule has 7 heteroatoms. The van der Waals surface area contributed by atoms with Crippen LogP contribution in [0.5, 0.6) is 0 Å². The average Bonchev–Trinajstić information content (AvgIpc) is 2.75. The van der Waals surface area contributed by atoms with Gasteiger partial charge in [-0.15, -0.1) is 11.3 Å². The van der Waals surface area contributed by atoms with E-state index in [4.69, 9.17) is 23.2 Å². The van der Waals surface area contributed by atoms with Gasteiger partial charge in [0.1, 0.15) is 10.8 Å². The summed E-state index contributed by atoms with van der Waals surface area (Å²) in [6.45, 7) is 2.29. The Hall–Kier alpha value is -1.17. The second-order valence-corrected chi connectivity index (χ2v) is 5.24. The fourth-order valence-electron chi connectivity index (χ4n) is 1.32. The smallest absolute Gasteiger partial charge is 0.271 e. The van der Waals surface area contributed by atoms with Crippen molar-refractivity contribution in [3.63, 3.8) is 0 Å². The Morgan fingerprint density at radius 3 is 2.89 bits per heavy atom. The normalized spacial score (nSPS) is 10.4. The summed E-state index contributed by atoms with van der Waals surface area (Å²) in [5, 5.41) is 3.25. The Bertz CT molecular complexity index is 585. The number of amides is 1. The number of hydrogen-bond acceptors (Lipinski definition) is 4. The number of thiazole rings is 1. The molecule has 0 saturated carbocycles. The van der Waals surface area contributed by atoms with Gasteiger partial charge in [-0.05, 0) is 19.1 Å². The number of halogens is 2. The van der Waals surface area contributed by atoms with Gasteiger partial charge < -0.3 is 5.32 Å². The predicted molar refractivity (Wildman–Crippen MR) is 72.3 cm³/mol. The Labute approximate surface area is 118 Å². The monoisotopic (exact) mass is 301 g/mol. The van der Waals surface area contributed by atoms with Crippen LogP contribution >= 0.6 is 34.5 Å². The number of rotatable bonds is 3. The maximum atomic E-state index is 11.9. The molecule has 18 heavy (non-hydrogen) atoms. The summed E-state index contributed by atoms with van der Waals surface area (Å²) in [7, 11) is 0. The van der Waals surface area contributed by atoms with Crippen molar-refractivity contribution < 1.29 is 4.79 Å². The van der Waals surface area contributed by atoms with E-state index >= 15 is 0 Å². The molecular formula is C11H9Cl2N3OS. The van der Waals surface area contributed by atoms with E-state index in [1.54, 1.807) is 11.6 Å². The highest BCUT2D eigenvalue weighted by atomic mass is 35.5. The SMILES string of the molecule is Cc1ncsc1CNC(=O)c1nc(Cl)ccc1Cl. The molecule has 0 aliphatic heterocycles. The minimum absolute atomic E-state index is 0.131. The second-order valence-electron chi connectivity index (χ2n) is 3.51. The maximum absolute atomic E-state index is 11.9. The third kappa shape index (κ3) is 2.98. The molecule has 4 nitrogen and oxygen atoms in total. The highest BCUT2D eigenvalue weighted by Crippen LogP contribution is 2.17. The molecule has 0 saturated heterocycles. The van der Waals surface area contributed by atoms with Crippen molar-refractivity contribution in [1.29, 1.82) is 0 Å². The first-order chi connectivity index (χ1) is 8.58. The topological polar surface area (TPSA) is 54.9 Å². The lowest BCUT2D eigenvalue weighted by atomic mass is 10.3. The molecule has 0 radical (unpaired) electrons. The van der Waals surface area contributed by atoms with Gasteiger partial charge >= 0.3 is 0 Å². The first-order valence-corrected chi connectivity index (χ1v) is 6.70. The Kier molecular flexibility index (Phi) is 4.16. The van der Waals surface area contributed by atoms with E-state index in [2.05, 4.69) is 15.3 Å². The number of hydrogen-bond donors (Lipinski definition) is 1. The van der Waals surface area contributed by atoms with Crippen molar-refractivity contribution in [2.24, 2.45) is 0 Å². The summed E-state index contributed by atoms with van der Waals surface area (Å²) in [5.74, 6) is -0.352. The van der Waals surface area contributed by atoms with Crippen LogP contribution in [-0.2, 0) is 6.54 Å². The van der Waals surface area contributed by atoms with Gasteiger partial charge in [-0.2, -0.15) is 0 Å². The number of nitrogens with zero attached hydrogens (tertiary/aromatic N) is 2. The van der Waals surface area contributed by atoms with E-state index in [9.17, 15) is 4.79 Å². The summed E-state index contributed by atoms with van der Waals surface area (Å²) in [6.07, 6.45) is 0. The number of aromatic nitrogens is 2. The van der Waals surface area contributed by atoms with E-state index in [0.717, 1.165) is 10.6 Å². The van der Waals surface area contributed by atoms with Gasteiger partial charge in [0.05, 0.1) is 22.8 Å². The summed E-state index contributed by atoms with van der Waals surface area (Å²) in [6, 6.07) is 3.08. The van der Waals surface area contributed by atoms with Crippen molar-refractivity contribution in [2.45, 2.75) is 13.5 Å². The molecule has 1 amide bonds. The van der Waals surface area contributed by atoms with Gasteiger partial charge in [0, 0.05) is 4.88 Å². The van der Waals surface area contributed by atoms with Crippen molar-refractivity contribution in [2.75, 3.05) is 0 Å². The Morgan fingerprint density at radius 2 is 2.22 bits per heavy atom. The third-order valence-electron chi connectivity index (χ3n) is 2.28. The lowest BCUT2D eigenvalue weighted by Gasteiger charge is -2.05. The van der Waals surface area contributed by atoms with Gasteiger partial charge in [0.15, 0.2) is 0 Å². The largest absolute Gasteiger partial charge is 0.346 e. The van der Waals surface area contributed by atoms with Gasteiger partial charge in [0.25, 0.3) is 5.91 Å². The second kappa shape index (κ2) is 5.65. The Morgan fingerprint density at radius 1 is 1.44 bits per heavy atom. The molecule has 0 bridgehead atoms. The summed E-state index contributed by atoms with van der Waals surface area (Å²) >= 11 is 13.1. The molecule has 0 aromatic carbocycles. The molecule has 2 aromatic heterocycles. The number of carbonyl (C=O) groups excluding carboxylic acids is 1. The molecule has 2 rings (SSSR count). The van der Waals surface area contributed by atoms with E-state index in [-0.39, 0.29) is 21.8 Å². The number of pyridine rings is 1. The van der Waals surface area contributed by atoms with Crippen LogP contribution in [0.15, 0.2) is 17.6 Å². The molecule has 0 aliphatic carbocycles. The standard InChI is InChI=1S/C11H9Cl2N3OS/c1-6-8(18-5-15-6)4-14-11(17)10-7(12)2-3-9(13)16-10/h2-3,5H,4H2,1H3,(H,14,17). The molecule has 2 heterocycles. The summed E-state index contributed by atoms with van der Waals surface area (Å²) in [5.41, 5.74) is 2.78. The number of carbonyl (C=O) groups is 1. The number of aryl methyl sites for hydroxylation is 1. The zero-order chi connectivity index (χ0) is 13.1. The van der Waals surface area contributed by atoms with Gasteiger partial charge in [-0.25, -0.2) is 9.97 Å². The van der Waals surface area contributed by atoms with Crippen molar-refractivity contribution >= 4 is 40.4 Å². The third-order valence-corrected chi connectivity index (χ3v) is 3.73. The fourth-order valence-corrected chi connectivity index (χ4v) is 2.37. The van der Waals surface area contributed by atoms with Crippen LogP contribution in [0, 0.1) is 6.92 Å². The van der Waals surface area contributed by atoms with Crippen LogP contribution in [0.1, 0.15) is 21.1 Å². The lowest BCUT2D eigenvalue weighted by Crippen LogP contribution is -2.24. The van der Waals surface area contributed by atoms with Crippen LogP contribution in [0.25, 0.3) is 0 Å². The molecule has 0 spiro atoms. The minimum Gasteiger partial charge on any atom is -0.346 e. The molecule has 0 aliphatic rings. The maximum Gasteiger partial charge on any atom is 0.271 e. The lowest BCUT2D eigenvalue weighted by molar-refractivity contribution is 0.0946. The zero-order valence-electron chi connectivity index (χ0n) is 9.41. The van der Waals surface area contributed by atoms with Crippen LogP contribution in [0.3, 0.4) is 0 Å². The highest BCUT2D eigenvalue weighted by Gasteiger charge is 2.13. The average molecular weight is 302 g/mol. The minimum atomic E-state index is -0.352. The van der Waals surface area contributed by atoms with E-state index in [1.165, 1.54) is 17.4 Å². The quantitative estimate of drug-likeness (QED) is 0.886. The van der Waals surface area contributed by atoms with Gasteiger partial charge in [-0.1, -0.05) is 23.2 Å². The Balaban J connectivity index is 2.08. The predicted octanol–water partition coefficient (Wildman–Crippen LogP) is 3.08. The molecular weight excluding hydrogens is 293 g/mol. The highest BCUT2D eigenvalue weighted by molar-refractivity contribution is 7.09. The molecule has 1 N–H and O–H groups in total. The fraction of sp³-hybridized carbons (Fsp3) is 0.182. The number of nitrogens with one attached hydrogen (secondary N) is 1. The molecule has 0 fully saturated rings. The first-order valence-electron chi connectivity index (χ1n) is 5.07. The van der Waals surface area contributed by atoms with E-state index in [0.29, 0.717) is 6.54 Å². The molecule has 94 valence electrons. The van der Waals surface area contributed by atoms with E-state index in [1.807, 2.05) is 6.92 Å². The van der Waals surface area contributed by atoms with Crippen molar-refractivity contribution in [3.8, 4) is 0 Å². The zero-order valence-corrected chi connectivity index (χ0v) is 11.7. The van der Waals surface area contributed by atoms with Gasteiger partial charge in [0.2, 0.25) is 0 Å². The van der Waals surface area contributed by atoms with Crippen LogP contribution in [-0.4, -0.2) is 15.9 Å². The molecule has 0 atom stereocenters. The molecule has 0 unspecified atom stereocenters. The molecule has 2 aromatic rings.